The first-order valence-corrected chi connectivity index (χ1v) is 8.66. The van der Waals surface area contributed by atoms with Gasteiger partial charge in [0.2, 0.25) is 0 Å². The summed E-state index contributed by atoms with van der Waals surface area (Å²) >= 11 is 1.88. The van der Waals surface area contributed by atoms with Crippen molar-refractivity contribution in [1.82, 2.24) is 15.5 Å². The van der Waals surface area contributed by atoms with Crippen molar-refractivity contribution in [2.75, 3.05) is 32.9 Å². The van der Waals surface area contributed by atoms with E-state index in [0.29, 0.717) is 17.2 Å². The smallest absolute Gasteiger partial charge is 0.191 e. The average Bonchev–Trinajstić information content (AvgIpc) is 3.19. The fourth-order valence-electron chi connectivity index (χ4n) is 2.62. The van der Waals surface area contributed by atoms with Gasteiger partial charge in [0.25, 0.3) is 0 Å². The molecule has 0 spiro atoms. The van der Waals surface area contributed by atoms with E-state index in [4.69, 9.17) is 0 Å². The first kappa shape index (κ1) is 18.4. The van der Waals surface area contributed by atoms with Crippen LogP contribution in [0.4, 0.5) is 0 Å². The maximum absolute atomic E-state index is 4.34. The molecule has 4 nitrogen and oxygen atoms in total. The lowest BCUT2D eigenvalue weighted by atomic mass is 10.1. The Bertz CT molecular complexity index is 322. The van der Waals surface area contributed by atoms with Gasteiger partial charge in [-0.15, -0.1) is 24.0 Å². The number of thioether (sulfide) groups is 1. The summed E-state index contributed by atoms with van der Waals surface area (Å²) in [6.45, 7) is 7.95. The van der Waals surface area contributed by atoms with Crippen LogP contribution in [-0.4, -0.2) is 61.1 Å². The minimum absolute atomic E-state index is 0. The maximum atomic E-state index is 4.34. The van der Waals surface area contributed by atoms with Gasteiger partial charge in [0.05, 0.1) is 0 Å². The lowest BCUT2D eigenvalue weighted by Crippen LogP contribution is -2.47. The van der Waals surface area contributed by atoms with Gasteiger partial charge in [-0.2, -0.15) is 11.8 Å². The highest BCUT2D eigenvalue weighted by molar-refractivity contribution is 14.0. The third-order valence-corrected chi connectivity index (χ3v) is 5.18. The molecule has 0 aromatic heterocycles. The molecule has 3 unspecified atom stereocenters. The molecule has 0 aromatic carbocycles. The van der Waals surface area contributed by atoms with Crippen LogP contribution in [0, 0.1) is 5.92 Å². The van der Waals surface area contributed by atoms with Crippen molar-refractivity contribution in [3.05, 3.63) is 0 Å². The molecular weight excluding hydrogens is 383 g/mol. The van der Waals surface area contributed by atoms with Crippen LogP contribution >= 0.6 is 35.7 Å². The molecule has 1 aliphatic carbocycles. The van der Waals surface area contributed by atoms with Crippen LogP contribution in [0.1, 0.15) is 26.7 Å². The maximum Gasteiger partial charge on any atom is 0.191 e. The Labute approximate surface area is 144 Å². The Hall–Kier alpha value is 0.310. The molecule has 0 aromatic rings. The molecule has 0 radical (unpaired) electrons. The summed E-state index contributed by atoms with van der Waals surface area (Å²) in [7, 11) is 1.86. The zero-order valence-corrected chi connectivity index (χ0v) is 16.2. The Balaban J connectivity index is 0.00000200. The number of halogens is 1. The van der Waals surface area contributed by atoms with Crippen molar-refractivity contribution in [3.8, 4) is 0 Å². The highest BCUT2D eigenvalue weighted by atomic mass is 127. The Morgan fingerprint density at radius 1 is 1.40 bits per heavy atom. The lowest BCUT2D eigenvalue weighted by Gasteiger charge is -2.21. The number of nitrogens with one attached hydrogen (secondary N) is 2. The summed E-state index contributed by atoms with van der Waals surface area (Å²) in [4.78, 5) is 6.98. The summed E-state index contributed by atoms with van der Waals surface area (Å²) in [5, 5.41) is 7.64. The van der Waals surface area contributed by atoms with E-state index in [1.165, 1.54) is 25.9 Å². The Morgan fingerprint density at radius 2 is 2.10 bits per heavy atom. The first-order valence-electron chi connectivity index (χ1n) is 7.38. The Kier molecular flexibility index (Phi) is 7.97. The molecule has 1 heterocycles. The van der Waals surface area contributed by atoms with Crippen molar-refractivity contribution in [1.29, 1.82) is 0 Å². The van der Waals surface area contributed by atoms with Gasteiger partial charge in [0, 0.05) is 44.0 Å². The number of hydrogen-bond acceptors (Lipinski definition) is 3. The SMILES string of the molecule is CN=C(NCC(C)SC)NC1CN(C2CC2)CC1C.I. The van der Waals surface area contributed by atoms with Crippen LogP contribution < -0.4 is 10.6 Å². The molecular formula is C14H29IN4S. The normalized spacial score (nSPS) is 28.9. The van der Waals surface area contributed by atoms with Gasteiger partial charge in [0.15, 0.2) is 5.96 Å². The molecule has 3 atom stereocenters. The van der Waals surface area contributed by atoms with Crippen molar-refractivity contribution < 1.29 is 0 Å². The second kappa shape index (κ2) is 8.68. The van der Waals surface area contributed by atoms with Crippen molar-refractivity contribution in [2.24, 2.45) is 10.9 Å². The van der Waals surface area contributed by atoms with E-state index in [-0.39, 0.29) is 24.0 Å². The summed E-state index contributed by atoms with van der Waals surface area (Å²) in [6, 6.07) is 1.41. The lowest BCUT2D eigenvalue weighted by molar-refractivity contribution is 0.315. The van der Waals surface area contributed by atoms with E-state index in [9.17, 15) is 0 Å². The van der Waals surface area contributed by atoms with Gasteiger partial charge in [-0.1, -0.05) is 13.8 Å². The van der Waals surface area contributed by atoms with Gasteiger partial charge >= 0.3 is 0 Å². The van der Waals surface area contributed by atoms with Crippen LogP contribution in [0.5, 0.6) is 0 Å². The molecule has 1 aliphatic heterocycles. The number of hydrogen-bond donors (Lipinski definition) is 2. The van der Waals surface area contributed by atoms with Gasteiger partial charge in [-0.05, 0) is 25.0 Å². The molecule has 0 bridgehead atoms. The molecule has 1 saturated heterocycles. The molecule has 2 rings (SSSR count). The fourth-order valence-corrected chi connectivity index (χ4v) is 2.87. The van der Waals surface area contributed by atoms with E-state index >= 15 is 0 Å². The predicted octanol–water partition coefficient (Wildman–Crippen LogP) is 2.00. The third-order valence-electron chi connectivity index (χ3n) is 4.21. The fraction of sp³-hybridized carbons (Fsp3) is 0.929. The monoisotopic (exact) mass is 412 g/mol. The summed E-state index contributed by atoms with van der Waals surface area (Å²) in [5.41, 5.74) is 0. The zero-order chi connectivity index (χ0) is 13.8. The van der Waals surface area contributed by atoms with Crippen LogP contribution in [-0.2, 0) is 0 Å². The number of aliphatic imine (C=N–C) groups is 1. The first-order chi connectivity index (χ1) is 9.13. The number of nitrogens with zero attached hydrogens (tertiary/aromatic N) is 2. The summed E-state index contributed by atoms with van der Waals surface area (Å²) in [6.07, 6.45) is 4.95. The standard InChI is InChI=1S/C14H28N4S.HI/c1-10-8-18(12-5-6-12)9-13(10)17-14(15-3)16-7-11(2)19-4;/h10-13H,5-9H2,1-4H3,(H2,15,16,17);1H. The predicted molar refractivity (Wildman–Crippen MR) is 100 cm³/mol. The van der Waals surface area contributed by atoms with Crippen molar-refractivity contribution in [3.63, 3.8) is 0 Å². The molecule has 2 fully saturated rings. The summed E-state index contributed by atoms with van der Waals surface area (Å²) in [5.74, 6) is 1.66. The molecule has 2 aliphatic rings. The summed E-state index contributed by atoms with van der Waals surface area (Å²) < 4.78 is 0. The Morgan fingerprint density at radius 3 is 2.65 bits per heavy atom. The largest absolute Gasteiger partial charge is 0.355 e. The zero-order valence-electron chi connectivity index (χ0n) is 13.1. The van der Waals surface area contributed by atoms with Crippen LogP contribution in [0.25, 0.3) is 0 Å². The molecule has 20 heavy (non-hydrogen) atoms. The topological polar surface area (TPSA) is 39.7 Å². The van der Waals surface area contributed by atoms with E-state index in [1.807, 2.05) is 18.8 Å². The number of guanidine groups is 1. The second-order valence-corrected chi connectivity index (χ2v) is 7.19. The molecule has 6 heteroatoms. The molecule has 1 saturated carbocycles. The van der Waals surface area contributed by atoms with Crippen molar-refractivity contribution >= 4 is 41.7 Å². The van der Waals surface area contributed by atoms with Crippen LogP contribution in [0.3, 0.4) is 0 Å². The van der Waals surface area contributed by atoms with Crippen LogP contribution in [0.15, 0.2) is 4.99 Å². The van der Waals surface area contributed by atoms with E-state index in [2.05, 4.69) is 40.6 Å². The third kappa shape index (κ3) is 5.26. The highest BCUT2D eigenvalue weighted by Crippen LogP contribution is 2.31. The van der Waals surface area contributed by atoms with Gasteiger partial charge in [-0.25, -0.2) is 0 Å². The van der Waals surface area contributed by atoms with E-state index < -0.39 is 0 Å². The van der Waals surface area contributed by atoms with Gasteiger partial charge in [-0.3, -0.25) is 9.89 Å². The minimum Gasteiger partial charge on any atom is -0.355 e. The van der Waals surface area contributed by atoms with E-state index in [1.54, 1.807) is 0 Å². The van der Waals surface area contributed by atoms with Gasteiger partial charge < -0.3 is 10.6 Å². The molecule has 118 valence electrons. The molecule has 2 N–H and O–H groups in total. The van der Waals surface area contributed by atoms with Crippen LogP contribution in [0.2, 0.25) is 0 Å². The second-order valence-electron chi connectivity index (χ2n) is 5.91. The van der Waals surface area contributed by atoms with E-state index in [0.717, 1.165) is 18.5 Å². The number of rotatable bonds is 5. The molecule has 0 amide bonds. The minimum atomic E-state index is 0. The van der Waals surface area contributed by atoms with Crippen molar-refractivity contribution in [2.45, 2.75) is 44.0 Å². The number of likely N-dealkylation sites (tertiary alicyclic amines) is 1. The average molecular weight is 412 g/mol. The highest BCUT2D eigenvalue weighted by Gasteiger charge is 2.38. The quantitative estimate of drug-likeness (QED) is 0.412. The van der Waals surface area contributed by atoms with Gasteiger partial charge in [0.1, 0.15) is 0 Å².